The molecule has 1 amide bonds. The summed E-state index contributed by atoms with van der Waals surface area (Å²) in [5.41, 5.74) is 0.711. The van der Waals surface area contributed by atoms with Crippen molar-refractivity contribution in [3.8, 4) is 17.6 Å². The zero-order chi connectivity index (χ0) is 17.4. The Kier molecular flexibility index (Phi) is 7.63. The fraction of sp³-hybridized carbons (Fsp3) is 0.412. The molecule has 0 fully saturated rings. The number of nitriles is 1. The minimum absolute atomic E-state index is 0.0367. The van der Waals surface area contributed by atoms with Crippen LogP contribution in [0, 0.1) is 11.3 Å². The highest BCUT2D eigenvalue weighted by atomic mass is 79.9. The van der Waals surface area contributed by atoms with E-state index in [1.54, 1.807) is 19.2 Å². The van der Waals surface area contributed by atoms with Crippen LogP contribution in [-0.2, 0) is 4.79 Å². The van der Waals surface area contributed by atoms with E-state index in [1.165, 1.54) is 6.08 Å². The quantitative estimate of drug-likeness (QED) is 0.578. The standard InChI is InChI=1S/C17H21BrN2O3/c1-5-6-23-16-14(18)8-12(9-15(16)22-4)7-13(10-19)17(21)20-11(2)3/h7-9,11H,5-6H2,1-4H3,(H,20,21)/b13-7+. The van der Waals surface area contributed by atoms with Gasteiger partial charge in [-0.2, -0.15) is 5.26 Å². The summed E-state index contributed by atoms with van der Waals surface area (Å²) in [6, 6.07) is 5.40. The molecule has 1 aromatic rings. The van der Waals surface area contributed by atoms with Gasteiger partial charge in [-0.3, -0.25) is 4.79 Å². The Labute approximate surface area is 145 Å². The van der Waals surface area contributed by atoms with Gasteiger partial charge >= 0.3 is 0 Å². The lowest BCUT2D eigenvalue weighted by molar-refractivity contribution is -0.117. The molecule has 1 N–H and O–H groups in total. The molecule has 0 saturated heterocycles. The molecule has 124 valence electrons. The van der Waals surface area contributed by atoms with E-state index >= 15 is 0 Å². The number of benzene rings is 1. The number of carbonyl (C=O) groups is 1. The predicted molar refractivity (Wildman–Crippen MR) is 93.3 cm³/mol. The van der Waals surface area contributed by atoms with Gasteiger partial charge in [-0.25, -0.2) is 0 Å². The number of rotatable bonds is 7. The lowest BCUT2D eigenvalue weighted by Gasteiger charge is -2.13. The summed E-state index contributed by atoms with van der Waals surface area (Å²) in [6.07, 6.45) is 2.40. The summed E-state index contributed by atoms with van der Waals surface area (Å²) >= 11 is 3.44. The van der Waals surface area contributed by atoms with Gasteiger partial charge in [-0.1, -0.05) is 6.92 Å². The van der Waals surface area contributed by atoms with Crippen LogP contribution in [0.15, 0.2) is 22.2 Å². The third kappa shape index (κ3) is 5.61. The number of hydrogen-bond acceptors (Lipinski definition) is 4. The molecule has 1 rings (SSSR count). The molecular formula is C17H21BrN2O3. The van der Waals surface area contributed by atoms with Crippen molar-refractivity contribution in [2.75, 3.05) is 13.7 Å². The van der Waals surface area contributed by atoms with E-state index < -0.39 is 5.91 Å². The van der Waals surface area contributed by atoms with Gasteiger partial charge in [0.05, 0.1) is 18.2 Å². The normalized spacial score (nSPS) is 11.1. The van der Waals surface area contributed by atoms with Gasteiger partial charge in [0, 0.05) is 6.04 Å². The molecule has 0 saturated carbocycles. The first-order chi connectivity index (χ1) is 10.9. The van der Waals surface area contributed by atoms with Crippen molar-refractivity contribution in [2.24, 2.45) is 0 Å². The van der Waals surface area contributed by atoms with Crippen LogP contribution in [0.25, 0.3) is 6.08 Å². The number of methoxy groups -OCH3 is 1. The van der Waals surface area contributed by atoms with Crippen LogP contribution in [-0.4, -0.2) is 25.7 Å². The second-order valence-electron chi connectivity index (χ2n) is 5.18. The molecule has 0 aliphatic carbocycles. The van der Waals surface area contributed by atoms with Crippen molar-refractivity contribution in [3.63, 3.8) is 0 Å². The minimum Gasteiger partial charge on any atom is -0.493 e. The van der Waals surface area contributed by atoms with Crippen LogP contribution < -0.4 is 14.8 Å². The molecule has 5 nitrogen and oxygen atoms in total. The largest absolute Gasteiger partial charge is 0.493 e. The molecule has 0 bridgehead atoms. The molecule has 1 aromatic carbocycles. The SMILES string of the molecule is CCCOc1c(Br)cc(/C=C(\C#N)C(=O)NC(C)C)cc1OC. The Bertz CT molecular complexity index is 633. The molecule has 0 unspecified atom stereocenters. The number of carbonyl (C=O) groups excluding carboxylic acids is 1. The van der Waals surface area contributed by atoms with Crippen molar-refractivity contribution in [2.45, 2.75) is 33.2 Å². The Balaban J connectivity index is 3.17. The summed E-state index contributed by atoms with van der Waals surface area (Å²) in [4.78, 5) is 12.0. The number of nitrogens with zero attached hydrogens (tertiary/aromatic N) is 1. The molecule has 0 aliphatic heterocycles. The van der Waals surface area contributed by atoms with Crippen LogP contribution in [0.3, 0.4) is 0 Å². The Morgan fingerprint density at radius 2 is 2.17 bits per heavy atom. The summed E-state index contributed by atoms with van der Waals surface area (Å²) < 4.78 is 11.7. The highest BCUT2D eigenvalue weighted by Gasteiger charge is 2.14. The van der Waals surface area contributed by atoms with Crippen molar-refractivity contribution < 1.29 is 14.3 Å². The maximum atomic E-state index is 12.0. The van der Waals surface area contributed by atoms with Crippen LogP contribution in [0.5, 0.6) is 11.5 Å². The van der Waals surface area contributed by atoms with Gasteiger partial charge < -0.3 is 14.8 Å². The maximum absolute atomic E-state index is 12.0. The minimum atomic E-state index is -0.399. The molecule has 0 radical (unpaired) electrons. The first kappa shape index (κ1) is 19.0. The lowest BCUT2D eigenvalue weighted by atomic mass is 10.1. The zero-order valence-electron chi connectivity index (χ0n) is 13.8. The Hall–Kier alpha value is -2.00. The highest BCUT2D eigenvalue weighted by Crippen LogP contribution is 2.37. The molecule has 0 heterocycles. The first-order valence-electron chi connectivity index (χ1n) is 7.35. The third-order valence-electron chi connectivity index (χ3n) is 2.80. The summed E-state index contributed by atoms with van der Waals surface area (Å²) in [5.74, 6) is 0.751. The Morgan fingerprint density at radius 1 is 1.48 bits per heavy atom. The van der Waals surface area contributed by atoms with Crippen LogP contribution in [0.4, 0.5) is 0 Å². The van der Waals surface area contributed by atoms with Gasteiger partial charge in [0.1, 0.15) is 11.6 Å². The molecule has 0 aliphatic rings. The van der Waals surface area contributed by atoms with Crippen molar-refractivity contribution in [1.82, 2.24) is 5.32 Å². The monoisotopic (exact) mass is 380 g/mol. The fourth-order valence-corrected chi connectivity index (χ4v) is 2.40. The van der Waals surface area contributed by atoms with E-state index in [4.69, 9.17) is 9.47 Å². The van der Waals surface area contributed by atoms with Gasteiger partial charge in [-0.05, 0) is 60.0 Å². The zero-order valence-corrected chi connectivity index (χ0v) is 15.4. The molecule has 6 heteroatoms. The lowest BCUT2D eigenvalue weighted by Crippen LogP contribution is -2.30. The number of halogens is 1. The summed E-state index contributed by atoms with van der Waals surface area (Å²) in [6.45, 7) is 6.27. The number of ether oxygens (including phenoxy) is 2. The molecule has 0 spiro atoms. The van der Waals surface area contributed by atoms with Crippen LogP contribution in [0.1, 0.15) is 32.8 Å². The molecule has 23 heavy (non-hydrogen) atoms. The second-order valence-corrected chi connectivity index (χ2v) is 6.03. The van der Waals surface area contributed by atoms with Crippen molar-refractivity contribution >= 4 is 27.9 Å². The molecular weight excluding hydrogens is 360 g/mol. The molecule has 0 aromatic heterocycles. The highest BCUT2D eigenvalue weighted by molar-refractivity contribution is 9.10. The average Bonchev–Trinajstić information content (AvgIpc) is 2.50. The van der Waals surface area contributed by atoms with Gasteiger partial charge in [0.15, 0.2) is 11.5 Å². The number of amides is 1. The van der Waals surface area contributed by atoms with E-state index in [0.717, 1.165) is 6.42 Å². The topological polar surface area (TPSA) is 71.3 Å². The molecule has 0 atom stereocenters. The summed E-state index contributed by atoms with van der Waals surface area (Å²) in [7, 11) is 1.55. The third-order valence-corrected chi connectivity index (χ3v) is 3.39. The van der Waals surface area contributed by atoms with Crippen molar-refractivity contribution in [1.29, 1.82) is 5.26 Å². The van der Waals surface area contributed by atoms with Gasteiger partial charge in [0.2, 0.25) is 0 Å². The number of hydrogen-bond donors (Lipinski definition) is 1. The number of nitrogens with one attached hydrogen (secondary N) is 1. The predicted octanol–water partition coefficient (Wildman–Crippen LogP) is 3.68. The van der Waals surface area contributed by atoms with Gasteiger partial charge in [0.25, 0.3) is 5.91 Å². The second kappa shape index (κ2) is 9.21. The van der Waals surface area contributed by atoms with Gasteiger partial charge in [-0.15, -0.1) is 0 Å². The van der Waals surface area contributed by atoms with E-state index in [2.05, 4.69) is 21.2 Å². The first-order valence-corrected chi connectivity index (χ1v) is 8.15. The average molecular weight is 381 g/mol. The summed E-state index contributed by atoms with van der Waals surface area (Å²) in [5, 5.41) is 11.9. The van der Waals surface area contributed by atoms with E-state index in [0.29, 0.717) is 28.1 Å². The van der Waals surface area contributed by atoms with E-state index in [9.17, 15) is 10.1 Å². The maximum Gasteiger partial charge on any atom is 0.262 e. The Morgan fingerprint density at radius 3 is 2.70 bits per heavy atom. The smallest absolute Gasteiger partial charge is 0.262 e. The fourth-order valence-electron chi connectivity index (χ4n) is 1.82. The van der Waals surface area contributed by atoms with E-state index in [-0.39, 0.29) is 11.6 Å². The van der Waals surface area contributed by atoms with Crippen LogP contribution >= 0.6 is 15.9 Å². The van der Waals surface area contributed by atoms with Crippen LogP contribution in [0.2, 0.25) is 0 Å². The van der Waals surface area contributed by atoms with Crippen molar-refractivity contribution in [3.05, 3.63) is 27.7 Å². The van der Waals surface area contributed by atoms with E-state index in [1.807, 2.05) is 26.8 Å².